The van der Waals surface area contributed by atoms with Crippen molar-refractivity contribution in [2.45, 2.75) is 33.2 Å². The number of aryl methyl sites for hydroxylation is 1. The number of benzene rings is 1. The van der Waals surface area contributed by atoms with Crippen LogP contribution in [0, 0.1) is 19.8 Å². The van der Waals surface area contributed by atoms with Crippen LogP contribution in [0.15, 0.2) is 30.3 Å². The van der Waals surface area contributed by atoms with Crippen LogP contribution in [-0.2, 0) is 21.4 Å². The smallest absolute Gasteiger partial charge is 0.244 e. The van der Waals surface area contributed by atoms with Crippen molar-refractivity contribution in [3.63, 3.8) is 0 Å². The lowest BCUT2D eigenvalue weighted by Crippen LogP contribution is -2.40. The molecule has 1 fully saturated rings. The molecule has 0 radical (unpaired) electrons. The molecular formula is C22H29ClN4O3S. The molecule has 7 nitrogen and oxygen atoms in total. The van der Waals surface area contributed by atoms with Crippen molar-refractivity contribution < 1.29 is 13.2 Å². The van der Waals surface area contributed by atoms with Crippen molar-refractivity contribution in [2.24, 2.45) is 5.92 Å². The van der Waals surface area contributed by atoms with E-state index in [4.69, 9.17) is 11.6 Å². The number of piperidine rings is 1. The molecule has 1 aromatic heterocycles. The minimum atomic E-state index is -3.13. The Labute approximate surface area is 189 Å². The van der Waals surface area contributed by atoms with Gasteiger partial charge in [0.15, 0.2) is 0 Å². The van der Waals surface area contributed by atoms with E-state index in [1.54, 1.807) is 6.08 Å². The number of nitrogens with one attached hydrogen (secondary N) is 1. The van der Waals surface area contributed by atoms with Gasteiger partial charge in [0.2, 0.25) is 15.9 Å². The zero-order valence-electron chi connectivity index (χ0n) is 18.1. The first-order valence-electron chi connectivity index (χ1n) is 10.3. The number of hydrogen-bond acceptors (Lipinski definition) is 4. The number of carbonyl (C=O) groups is 1. The highest BCUT2D eigenvalue weighted by atomic mass is 35.5. The third-order valence-corrected chi connectivity index (χ3v) is 7.40. The summed E-state index contributed by atoms with van der Waals surface area (Å²) >= 11 is 6.26. The molecule has 0 unspecified atom stereocenters. The van der Waals surface area contributed by atoms with Gasteiger partial charge in [0.05, 0.1) is 18.5 Å². The summed E-state index contributed by atoms with van der Waals surface area (Å²) in [6.45, 7) is 6.03. The van der Waals surface area contributed by atoms with Gasteiger partial charge in [-0.15, -0.1) is 0 Å². The molecule has 0 aliphatic carbocycles. The number of carbonyl (C=O) groups excluding carboxylic acids is 1. The monoisotopic (exact) mass is 464 g/mol. The molecule has 1 saturated heterocycles. The third kappa shape index (κ3) is 6.18. The zero-order valence-corrected chi connectivity index (χ0v) is 19.7. The molecule has 0 bridgehead atoms. The second-order valence-corrected chi connectivity index (χ2v) is 10.4. The molecule has 9 heteroatoms. The molecule has 31 heavy (non-hydrogen) atoms. The molecule has 2 heterocycles. The van der Waals surface area contributed by atoms with Gasteiger partial charge in [-0.05, 0) is 50.3 Å². The molecule has 2 aromatic rings. The van der Waals surface area contributed by atoms with Crippen molar-refractivity contribution >= 4 is 33.6 Å². The van der Waals surface area contributed by atoms with Crippen molar-refractivity contribution in [2.75, 3.05) is 25.9 Å². The molecule has 1 aliphatic heterocycles. The quantitative estimate of drug-likeness (QED) is 0.638. The average Bonchev–Trinajstić information content (AvgIpc) is 2.99. The largest absolute Gasteiger partial charge is 0.352 e. The SMILES string of the molecule is Cc1nn(Cc2ccccc2Cl)c(C)c1/C=C/C(=O)NCC1CCN(S(C)(=O)=O)CC1. The highest BCUT2D eigenvalue weighted by Gasteiger charge is 2.24. The third-order valence-electron chi connectivity index (χ3n) is 5.72. The number of amides is 1. The highest BCUT2D eigenvalue weighted by Crippen LogP contribution is 2.21. The van der Waals surface area contributed by atoms with E-state index in [9.17, 15) is 13.2 Å². The lowest BCUT2D eigenvalue weighted by molar-refractivity contribution is -0.116. The number of nitrogens with zero attached hydrogens (tertiary/aromatic N) is 3. The summed E-state index contributed by atoms with van der Waals surface area (Å²) in [7, 11) is -3.13. The number of aromatic nitrogens is 2. The summed E-state index contributed by atoms with van der Waals surface area (Å²) in [5.74, 6) is 0.125. The molecule has 168 valence electrons. The molecule has 1 aromatic carbocycles. The van der Waals surface area contributed by atoms with Crippen LogP contribution < -0.4 is 5.32 Å². The Balaban J connectivity index is 1.55. The van der Waals surface area contributed by atoms with E-state index in [1.807, 2.05) is 42.8 Å². The summed E-state index contributed by atoms with van der Waals surface area (Å²) in [6, 6.07) is 7.68. The van der Waals surface area contributed by atoms with E-state index in [0.717, 1.165) is 35.4 Å². The van der Waals surface area contributed by atoms with Crippen molar-refractivity contribution in [3.05, 3.63) is 57.9 Å². The first-order valence-corrected chi connectivity index (χ1v) is 12.6. The van der Waals surface area contributed by atoms with Gasteiger partial charge in [-0.25, -0.2) is 12.7 Å². The average molecular weight is 465 g/mol. The second-order valence-electron chi connectivity index (χ2n) is 8.02. The summed E-state index contributed by atoms with van der Waals surface area (Å²) in [5.41, 5.74) is 3.73. The molecule has 0 atom stereocenters. The van der Waals surface area contributed by atoms with Crippen molar-refractivity contribution in [1.82, 2.24) is 19.4 Å². The van der Waals surface area contributed by atoms with Crippen LogP contribution in [0.1, 0.15) is 35.4 Å². The van der Waals surface area contributed by atoms with E-state index in [0.29, 0.717) is 31.2 Å². The van der Waals surface area contributed by atoms with Gasteiger partial charge >= 0.3 is 0 Å². The van der Waals surface area contributed by atoms with Gasteiger partial charge in [-0.3, -0.25) is 9.48 Å². The predicted octanol–water partition coefficient (Wildman–Crippen LogP) is 3.00. The summed E-state index contributed by atoms with van der Waals surface area (Å²) < 4.78 is 26.6. The van der Waals surface area contributed by atoms with Crippen LogP contribution >= 0.6 is 11.6 Å². The Hall–Kier alpha value is -2.16. The lowest BCUT2D eigenvalue weighted by Gasteiger charge is -2.30. The topological polar surface area (TPSA) is 84.3 Å². The van der Waals surface area contributed by atoms with Crippen molar-refractivity contribution in [3.8, 4) is 0 Å². The van der Waals surface area contributed by atoms with E-state index in [1.165, 1.54) is 16.6 Å². The maximum absolute atomic E-state index is 12.3. The first-order chi connectivity index (χ1) is 14.6. The molecule has 1 amide bonds. The fourth-order valence-electron chi connectivity index (χ4n) is 3.80. The summed E-state index contributed by atoms with van der Waals surface area (Å²) in [6.07, 6.45) is 6.07. The Kier molecular flexibility index (Phi) is 7.56. The molecule has 1 aliphatic rings. The predicted molar refractivity (Wildman–Crippen MR) is 123 cm³/mol. The molecule has 3 rings (SSSR count). The van der Waals surface area contributed by atoms with Gasteiger partial charge in [-0.1, -0.05) is 29.8 Å². The number of halogens is 1. The van der Waals surface area contributed by atoms with Crippen LogP contribution in [0.5, 0.6) is 0 Å². The normalized spacial score (nSPS) is 16.1. The minimum Gasteiger partial charge on any atom is -0.352 e. The maximum Gasteiger partial charge on any atom is 0.244 e. The Bertz CT molecular complexity index is 1070. The van der Waals surface area contributed by atoms with E-state index < -0.39 is 10.0 Å². The van der Waals surface area contributed by atoms with Crippen molar-refractivity contribution in [1.29, 1.82) is 0 Å². The van der Waals surface area contributed by atoms with E-state index in [-0.39, 0.29) is 11.8 Å². The standard InChI is InChI=1S/C22H29ClN4O3S/c1-16-20(17(2)27(25-16)15-19-6-4-5-7-21(19)23)8-9-22(28)24-14-18-10-12-26(13-11-18)31(3,29)30/h4-9,18H,10-15H2,1-3H3,(H,24,28)/b9-8+. The van der Waals surface area contributed by atoms with E-state index >= 15 is 0 Å². The minimum absolute atomic E-state index is 0.164. The van der Waals surface area contributed by atoms with Gasteiger partial charge in [0, 0.05) is 42.0 Å². The molecular weight excluding hydrogens is 436 g/mol. The van der Waals surface area contributed by atoms with Gasteiger partial charge in [0.1, 0.15) is 0 Å². The van der Waals surface area contributed by atoms with Crippen LogP contribution in [0.4, 0.5) is 0 Å². The lowest BCUT2D eigenvalue weighted by atomic mass is 9.98. The van der Waals surface area contributed by atoms with Gasteiger partial charge in [-0.2, -0.15) is 5.10 Å². The Morgan fingerprint density at radius 1 is 1.26 bits per heavy atom. The number of hydrogen-bond donors (Lipinski definition) is 1. The molecule has 1 N–H and O–H groups in total. The van der Waals surface area contributed by atoms with E-state index in [2.05, 4.69) is 10.4 Å². The fourth-order valence-corrected chi connectivity index (χ4v) is 4.87. The van der Waals surface area contributed by atoms with Crippen LogP contribution in [-0.4, -0.2) is 54.3 Å². The number of rotatable bonds is 7. The van der Waals surface area contributed by atoms with Crippen LogP contribution in [0.25, 0.3) is 6.08 Å². The highest BCUT2D eigenvalue weighted by molar-refractivity contribution is 7.88. The van der Waals surface area contributed by atoms with Gasteiger partial charge < -0.3 is 5.32 Å². The Morgan fingerprint density at radius 2 is 1.94 bits per heavy atom. The summed E-state index contributed by atoms with van der Waals surface area (Å²) in [5, 5.41) is 8.23. The van der Waals surface area contributed by atoms with Gasteiger partial charge in [0.25, 0.3) is 0 Å². The Morgan fingerprint density at radius 3 is 2.58 bits per heavy atom. The second kappa shape index (κ2) is 9.97. The molecule has 0 spiro atoms. The first kappa shape index (κ1) is 23.5. The zero-order chi connectivity index (χ0) is 22.6. The maximum atomic E-state index is 12.3. The van der Waals surface area contributed by atoms with Crippen LogP contribution in [0.3, 0.4) is 0 Å². The fraction of sp³-hybridized carbons (Fsp3) is 0.455. The van der Waals surface area contributed by atoms with Crippen LogP contribution in [0.2, 0.25) is 5.02 Å². The number of sulfonamides is 1. The summed E-state index contributed by atoms with van der Waals surface area (Å²) in [4.78, 5) is 12.3. The molecule has 0 saturated carbocycles.